The highest BCUT2D eigenvalue weighted by molar-refractivity contribution is 7.46. The van der Waals surface area contributed by atoms with E-state index in [1.165, 1.54) is 19.3 Å². The number of rotatable bonds is 13. The average Bonchev–Trinajstić information content (AvgIpc) is 3.39. The van der Waals surface area contributed by atoms with E-state index in [0.717, 1.165) is 83.5 Å². The number of ether oxygens (including phenoxy) is 1. The molecule has 5 aliphatic carbocycles. The zero-order valence-electron chi connectivity index (χ0n) is 30.8. The van der Waals surface area contributed by atoms with Crippen molar-refractivity contribution in [2.75, 3.05) is 13.2 Å². The third-order valence-corrected chi connectivity index (χ3v) is 16.3. The van der Waals surface area contributed by atoms with Crippen LogP contribution in [0.3, 0.4) is 0 Å². The normalized spacial score (nSPS) is 41.1. The Kier molecular flexibility index (Phi) is 11.0. The van der Waals surface area contributed by atoms with E-state index in [4.69, 9.17) is 14.5 Å². The SMILES string of the molecule is CC(C)[C@@H]1CC[C@]2(C(=O)OCCCCCCCCCOP(=O)(O)O)CC[C@]3(C)[C@H](CC[C@@H]4[C@@]5(C)CCC(=O)C(C)(C)[C@@H]5CC[C@]43C)[C@@H]12. The predicted molar refractivity (Wildman–Crippen MR) is 185 cm³/mol. The van der Waals surface area contributed by atoms with E-state index in [-0.39, 0.29) is 39.7 Å². The van der Waals surface area contributed by atoms with Gasteiger partial charge in [-0.2, -0.15) is 0 Å². The van der Waals surface area contributed by atoms with Gasteiger partial charge in [-0.3, -0.25) is 14.1 Å². The van der Waals surface area contributed by atoms with Crippen LogP contribution in [-0.4, -0.2) is 34.8 Å². The number of ketones is 1. The van der Waals surface area contributed by atoms with E-state index in [0.29, 0.717) is 54.3 Å². The number of carbonyl (C=O) groups is 2. The zero-order valence-corrected chi connectivity index (χ0v) is 31.7. The number of hydrogen-bond donors (Lipinski definition) is 2. The molecule has 47 heavy (non-hydrogen) atoms. The standard InChI is InChI=1S/C39H67O7P/c1-27(2)28-17-22-39(34(41)45-25-13-11-9-8-10-12-14-26-46-47(42,43)44)24-23-37(6)29(33(28)39)15-16-31-36(5)20-19-32(40)35(3,4)30(36)18-21-38(31,37)7/h27-31,33H,8-26H2,1-7H3,(H2,42,43,44)/t28-,29+,30-,31+,33+,36-,37+,38+,39-/m0/s1. The number of fused-ring (bicyclic) bond motifs is 7. The summed E-state index contributed by atoms with van der Waals surface area (Å²) in [7, 11) is -4.36. The number of phosphoric ester groups is 1. The molecule has 0 heterocycles. The molecule has 0 aromatic heterocycles. The Labute approximate surface area is 285 Å². The molecule has 0 unspecified atom stereocenters. The lowest BCUT2D eigenvalue weighted by Gasteiger charge is -2.72. The smallest absolute Gasteiger partial charge is 0.465 e. The van der Waals surface area contributed by atoms with Crippen molar-refractivity contribution in [3.05, 3.63) is 0 Å². The summed E-state index contributed by atoms with van der Waals surface area (Å²) in [6, 6.07) is 0. The first kappa shape index (κ1) is 37.5. The van der Waals surface area contributed by atoms with Crippen molar-refractivity contribution in [1.82, 2.24) is 0 Å². The van der Waals surface area contributed by atoms with Crippen LogP contribution < -0.4 is 0 Å². The monoisotopic (exact) mass is 678 g/mol. The molecule has 5 fully saturated rings. The van der Waals surface area contributed by atoms with Gasteiger partial charge in [0.25, 0.3) is 0 Å². The molecule has 0 saturated heterocycles. The first-order valence-corrected chi connectivity index (χ1v) is 20.9. The molecule has 7 nitrogen and oxygen atoms in total. The Hall–Kier alpha value is -0.750. The molecule has 0 amide bonds. The van der Waals surface area contributed by atoms with Gasteiger partial charge in [0.15, 0.2) is 0 Å². The molecule has 0 spiro atoms. The summed E-state index contributed by atoms with van der Waals surface area (Å²) in [5.41, 5.74) is 0.0715. The van der Waals surface area contributed by atoms with Crippen LogP contribution in [0.25, 0.3) is 0 Å². The summed E-state index contributed by atoms with van der Waals surface area (Å²) in [5, 5.41) is 0. The molecule has 5 saturated carbocycles. The van der Waals surface area contributed by atoms with Crippen LogP contribution in [0.15, 0.2) is 0 Å². The van der Waals surface area contributed by atoms with Gasteiger partial charge in [-0.05, 0) is 122 Å². The van der Waals surface area contributed by atoms with Crippen LogP contribution in [0.5, 0.6) is 0 Å². The summed E-state index contributed by atoms with van der Waals surface area (Å²) < 4.78 is 21.5. The van der Waals surface area contributed by atoms with E-state index in [1.54, 1.807) is 0 Å². The summed E-state index contributed by atoms with van der Waals surface area (Å²) in [4.78, 5) is 44.9. The van der Waals surface area contributed by atoms with Gasteiger partial charge in [-0.1, -0.05) is 80.6 Å². The molecule has 0 bridgehead atoms. The highest BCUT2D eigenvalue weighted by Crippen LogP contribution is 2.77. The highest BCUT2D eigenvalue weighted by atomic mass is 31.2. The minimum atomic E-state index is -4.36. The minimum absolute atomic E-state index is 0.0910. The second-order valence-electron chi connectivity index (χ2n) is 18.4. The maximum atomic E-state index is 14.2. The Balaban J connectivity index is 1.22. The molecule has 0 radical (unpaired) electrons. The second kappa shape index (κ2) is 13.8. The lowest BCUT2D eigenvalue weighted by molar-refractivity contribution is -0.237. The molecule has 9 atom stereocenters. The van der Waals surface area contributed by atoms with E-state index in [2.05, 4.69) is 53.0 Å². The fourth-order valence-corrected chi connectivity index (χ4v) is 13.5. The van der Waals surface area contributed by atoms with Gasteiger partial charge in [-0.15, -0.1) is 0 Å². The zero-order chi connectivity index (χ0) is 34.5. The van der Waals surface area contributed by atoms with Crippen LogP contribution in [0.2, 0.25) is 0 Å². The van der Waals surface area contributed by atoms with Gasteiger partial charge < -0.3 is 14.5 Å². The third kappa shape index (κ3) is 6.60. The lowest BCUT2D eigenvalue weighted by Crippen LogP contribution is -2.66. The van der Waals surface area contributed by atoms with Gasteiger partial charge in [0, 0.05) is 11.8 Å². The summed E-state index contributed by atoms with van der Waals surface area (Å²) in [5.74, 6) is 3.74. The molecular formula is C39H67O7P. The lowest BCUT2D eigenvalue weighted by atomic mass is 9.32. The largest absolute Gasteiger partial charge is 0.469 e. The number of Topliss-reactive ketones (excluding diaryl/α,β-unsaturated/α-hetero) is 1. The van der Waals surface area contributed by atoms with Crippen molar-refractivity contribution in [3.63, 3.8) is 0 Å². The second-order valence-corrected chi connectivity index (χ2v) is 19.6. The minimum Gasteiger partial charge on any atom is -0.465 e. The molecule has 2 N–H and O–H groups in total. The quantitative estimate of drug-likeness (QED) is 0.113. The maximum absolute atomic E-state index is 14.2. The van der Waals surface area contributed by atoms with Crippen molar-refractivity contribution in [1.29, 1.82) is 0 Å². The van der Waals surface area contributed by atoms with Gasteiger partial charge in [0.05, 0.1) is 18.6 Å². The Morgan fingerprint density at radius 3 is 2.06 bits per heavy atom. The molecule has 0 aromatic carbocycles. The van der Waals surface area contributed by atoms with Crippen molar-refractivity contribution in [2.24, 2.45) is 62.6 Å². The molecule has 5 rings (SSSR count). The summed E-state index contributed by atoms with van der Waals surface area (Å²) in [6.45, 7) is 17.6. The Morgan fingerprint density at radius 1 is 0.787 bits per heavy atom. The number of phosphoric acid groups is 1. The fourth-order valence-electron chi connectivity index (χ4n) is 13.1. The first-order chi connectivity index (χ1) is 21.9. The summed E-state index contributed by atoms with van der Waals surface area (Å²) >= 11 is 0. The number of unbranched alkanes of at least 4 members (excludes halogenated alkanes) is 6. The van der Waals surface area contributed by atoms with E-state index in [9.17, 15) is 14.2 Å². The predicted octanol–water partition coefficient (Wildman–Crippen LogP) is 9.68. The van der Waals surface area contributed by atoms with Crippen LogP contribution >= 0.6 is 7.82 Å². The van der Waals surface area contributed by atoms with E-state index in [1.807, 2.05) is 0 Å². The first-order valence-electron chi connectivity index (χ1n) is 19.3. The highest BCUT2D eigenvalue weighted by Gasteiger charge is 2.72. The number of carbonyl (C=O) groups excluding carboxylic acids is 2. The topological polar surface area (TPSA) is 110 Å². The van der Waals surface area contributed by atoms with Gasteiger partial charge in [-0.25, -0.2) is 4.57 Å². The van der Waals surface area contributed by atoms with Crippen LogP contribution in [0.1, 0.15) is 158 Å². The van der Waals surface area contributed by atoms with Crippen molar-refractivity contribution in [2.45, 2.75) is 158 Å². The molecule has 0 aromatic rings. The van der Waals surface area contributed by atoms with Gasteiger partial charge >= 0.3 is 13.8 Å². The Bertz CT molecular complexity index is 1190. The van der Waals surface area contributed by atoms with E-state index >= 15 is 0 Å². The molecule has 270 valence electrons. The maximum Gasteiger partial charge on any atom is 0.469 e. The molecular weight excluding hydrogens is 611 g/mol. The molecule has 5 aliphatic rings. The molecule has 8 heteroatoms. The van der Waals surface area contributed by atoms with Crippen LogP contribution in [0, 0.1) is 62.6 Å². The molecule has 0 aliphatic heterocycles. The van der Waals surface area contributed by atoms with E-state index < -0.39 is 7.82 Å². The van der Waals surface area contributed by atoms with Gasteiger partial charge in [0.2, 0.25) is 0 Å². The number of hydrogen-bond acceptors (Lipinski definition) is 5. The Morgan fingerprint density at radius 2 is 1.43 bits per heavy atom. The third-order valence-electron chi connectivity index (χ3n) is 15.8. The average molecular weight is 679 g/mol. The van der Waals surface area contributed by atoms with Crippen LogP contribution in [-0.2, 0) is 23.4 Å². The fraction of sp³-hybridized carbons (Fsp3) is 0.949. The van der Waals surface area contributed by atoms with Crippen molar-refractivity contribution in [3.8, 4) is 0 Å². The van der Waals surface area contributed by atoms with Crippen molar-refractivity contribution < 1.29 is 33.2 Å². The van der Waals surface area contributed by atoms with Crippen LogP contribution in [0.4, 0.5) is 0 Å². The summed E-state index contributed by atoms with van der Waals surface area (Å²) in [6.07, 6.45) is 17.4. The van der Waals surface area contributed by atoms with Gasteiger partial charge in [0.1, 0.15) is 5.78 Å². The van der Waals surface area contributed by atoms with Crippen molar-refractivity contribution >= 4 is 19.6 Å². The number of esters is 1.